The van der Waals surface area contributed by atoms with Gasteiger partial charge in [0.1, 0.15) is 12.1 Å². The fourth-order valence-corrected chi connectivity index (χ4v) is 3.63. The third kappa shape index (κ3) is 4.33. The quantitative estimate of drug-likeness (QED) is 0.643. The molecule has 0 radical (unpaired) electrons. The third-order valence-corrected chi connectivity index (χ3v) is 4.72. The molecule has 2 heterocycles. The first-order chi connectivity index (χ1) is 14.0. The van der Waals surface area contributed by atoms with Crippen LogP contribution < -0.4 is 15.4 Å². The number of benzene rings is 2. The van der Waals surface area contributed by atoms with E-state index in [4.69, 9.17) is 27.9 Å². The second kappa shape index (κ2) is 8.10. The molecule has 0 saturated heterocycles. The maximum absolute atomic E-state index is 12.3. The van der Waals surface area contributed by atoms with Gasteiger partial charge >= 0.3 is 0 Å². The Labute approximate surface area is 175 Å². The lowest BCUT2D eigenvalue weighted by Crippen LogP contribution is -2.29. The van der Waals surface area contributed by atoms with Gasteiger partial charge in [-0.15, -0.1) is 0 Å². The molecular weight excluding hydrogens is 417 g/mol. The van der Waals surface area contributed by atoms with Crippen molar-refractivity contribution in [2.24, 2.45) is 0 Å². The van der Waals surface area contributed by atoms with Gasteiger partial charge in [-0.1, -0.05) is 41.4 Å². The van der Waals surface area contributed by atoms with Crippen LogP contribution in [0.3, 0.4) is 0 Å². The van der Waals surface area contributed by atoms with Crippen LogP contribution in [0.25, 0.3) is 0 Å². The van der Waals surface area contributed by atoms with E-state index in [1.54, 1.807) is 35.0 Å². The summed E-state index contributed by atoms with van der Waals surface area (Å²) in [6.45, 7) is -0.232. The summed E-state index contributed by atoms with van der Waals surface area (Å²) in [6, 6.07) is 11.6. The Balaban J connectivity index is 1.50. The molecule has 2 aromatic carbocycles. The Bertz CT molecular complexity index is 1060. The molecule has 10 heteroatoms. The first-order valence-corrected chi connectivity index (χ1v) is 9.42. The average molecular weight is 432 g/mol. The van der Waals surface area contributed by atoms with Gasteiger partial charge < -0.3 is 10.1 Å². The number of aromatic nitrogens is 3. The van der Waals surface area contributed by atoms with Crippen molar-refractivity contribution in [3.05, 3.63) is 64.4 Å². The van der Waals surface area contributed by atoms with Gasteiger partial charge in [0.05, 0.1) is 12.5 Å². The van der Waals surface area contributed by atoms with Crippen molar-refractivity contribution in [1.29, 1.82) is 0 Å². The molecule has 0 spiro atoms. The molecule has 0 fully saturated rings. The van der Waals surface area contributed by atoms with E-state index in [9.17, 15) is 9.59 Å². The highest BCUT2D eigenvalue weighted by Crippen LogP contribution is 2.34. The van der Waals surface area contributed by atoms with Crippen LogP contribution >= 0.6 is 23.2 Å². The fourth-order valence-electron chi connectivity index (χ4n) is 3.10. The Morgan fingerprint density at radius 2 is 2.00 bits per heavy atom. The van der Waals surface area contributed by atoms with Gasteiger partial charge in [-0.3, -0.25) is 14.9 Å². The van der Waals surface area contributed by atoms with E-state index < -0.39 is 0 Å². The largest absolute Gasteiger partial charge is 0.483 e. The number of nitrogens with zero attached hydrogens (tertiary/aromatic N) is 3. The molecule has 0 saturated carbocycles. The SMILES string of the molecule is O=C(COc1ccccc1C1CC(=O)Nc2ncnn21)Nc1cc(Cl)cc(Cl)c1. The summed E-state index contributed by atoms with van der Waals surface area (Å²) < 4.78 is 7.36. The summed E-state index contributed by atoms with van der Waals surface area (Å²) in [5.41, 5.74) is 1.20. The molecule has 29 heavy (non-hydrogen) atoms. The summed E-state index contributed by atoms with van der Waals surface area (Å²) in [6.07, 6.45) is 1.56. The number of carbonyl (C=O) groups is 2. The van der Waals surface area contributed by atoms with Crippen LogP contribution in [0, 0.1) is 0 Å². The second-order valence-electron chi connectivity index (χ2n) is 6.33. The van der Waals surface area contributed by atoms with Crippen LogP contribution in [0.5, 0.6) is 5.75 Å². The molecule has 2 N–H and O–H groups in total. The van der Waals surface area contributed by atoms with Gasteiger partial charge in [0.15, 0.2) is 6.61 Å². The van der Waals surface area contributed by atoms with Crippen LogP contribution in [0.15, 0.2) is 48.8 Å². The van der Waals surface area contributed by atoms with E-state index >= 15 is 0 Å². The molecule has 1 aromatic heterocycles. The number of anilines is 2. The number of fused-ring (bicyclic) bond motifs is 1. The monoisotopic (exact) mass is 431 g/mol. The van der Waals surface area contributed by atoms with E-state index in [1.165, 1.54) is 6.33 Å². The average Bonchev–Trinajstić information content (AvgIpc) is 3.13. The zero-order valence-electron chi connectivity index (χ0n) is 14.9. The lowest BCUT2D eigenvalue weighted by molar-refractivity contribution is -0.118. The molecule has 8 nitrogen and oxygen atoms in total. The Morgan fingerprint density at radius 3 is 2.79 bits per heavy atom. The number of hydrogen-bond acceptors (Lipinski definition) is 5. The highest BCUT2D eigenvalue weighted by Gasteiger charge is 2.29. The maximum Gasteiger partial charge on any atom is 0.262 e. The van der Waals surface area contributed by atoms with Crippen molar-refractivity contribution in [2.45, 2.75) is 12.5 Å². The van der Waals surface area contributed by atoms with Crippen LogP contribution in [-0.4, -0.2) is 33.2 Å². The lowest BCUT2D eigenvalue weighted by Gasteiger charge is -2.25. The molecule has 148 valence electrons. The van der Waals surface area contributed by atoms with Gasteiger partial charge in [-0.25, -0.2) is 4.68 Å². The molecule has 1 aliphatic rings. The maximum atomic E-state index is 12.3. The van der Waals surface area contributed by atoms with Gasteiger partial charge in [-0.2, -0.15) is 10.1 Å². The smallest absolute Gasteiger partial charge is 0.262 e. The van der Waals surface area contributed by atoms with Gasteiger partial charge in [0, 0.05) is 21.3 Å². The van der Waals surface area contributed by atoms with E-state index in [0.717, 1.165) is 5.56 Å². The molecule has 0 aliphatic carbocycles. The number of hydrogen-bond donors (Lipinski definition) is 2. The third-order valence-electron chi connectivity index (χ3n) is 4.28. The van der Waals surface area contributed by atoms with Crippen molar-refractivity contribution < 1.29 is 14.3 Å². The number of rotatable bonds is 5. The summed E-state index contributed by atoms with van der Waals surface area (Å²) in [4.78, 5) is 28.4. The molecular formula is C19H15Cl2N5O3. The normalized spacial score (nSPS) is 15.4. The predicted octanol–water partition coefficient (Wildman–Crippen LogP) is 3.53. The van der Waals surface area contributed by atoms with Crippen molar-refractivity contribution in [1.82, 2.24) is 14.8 Å². The molecule has 4 rings (SSSR count). The highest BCUT2D eigenvalue weighted by atomic mass is 35.5. The van der Waals surface area contributed by atoms with Crippen LogP contribution in [0.4, 0.5) is 11.6 Å². The molecule has 1 aliphatic heterocycles. The lowest BCUT2D eigenvalue weighted by atomic mass is 10.0. The topological polar surface area (TPSA) is 98.1 Å². The summed E-state index contributed by atoms with van der Waals surface area (Å²) in [5.74, 6) is 0.311. The Morgan fingerprint density at radius 1 is 1.24 bits per heavy atom. The van der Waals surface area contributed by atoms with Crippen molar-refractivity contribution in [3.63, 3.8) is 0 Å². The number of para-hydroxylation sites is 1. The molecule has 0 bridgehead atoms. The zero-order valence-corrected chi connectivity index (χ0v) is 16.4. The molecule has 2 amide bonds. The number of carbonyl (C=O) groups excluding carboxylic acids is 2. The van der Waals surface area contributed by atoms with Crippen molar-refractivity contribution in [2.75, 3.05) is 17.2 Å². The van der Waals surface area contributed by atoms with Crippen LogP contribution in [0.2, 0.25) is 10.0 Å². The number of ether oxygens (including phenoxy) is 1. The van der Waals surface area contributed by atoms with Crippen molar-refractivity contribution in [3.8, 4) is 5.75 Å². The summed E-state index contributed by atoms with van der Waals surface area (Å²) in [5, 5.41) is 10.4. The standard InChI is InChI=1S/C19H15Cl2N5O3/c20-11-5-12(21)7-13(6-11)24-18(28)9-29-16-4-2-1-3-14(16)15-8-17(27)25-19-22-10-23-26(15)19/h1-7,10,15H,8-9H2,(H,24,28)(H,22,23,25,27). The van der Waals surface area contributed by atoms with Crippen LogP contribution in [0.1, 0.15) is 18.0 Å². The number of amides is 2. The van der Waals surface area contributed by atoms with E-state index in [2.05, 4.69) is 20.7 Å². The first-order valence-electron chi connectivity index (χ1n) is 8.66. The highest BCUT2D eigenvalue weighted by molar-refractivity contribution is 6.35. The van der Waals surface area contributed by atoms with Gasteiger partial charge in [-0.05, 0) is 24.3 Å². The fraction of sp³-hybridized carbons (Fsp3) is 0.158. The molecule has 1 atom stereocenters. The van der Waals surface area contributed by atoms with Crippen molar-refractivity contribution >= 4 is 46.7 Å². The minimum absolute atomic E-state index is 0.166. The minimum Gasteiger partial charge on any atom is -0.483 e. The van der Waals surface area contributed by atoms with Gasteiger partial charge in [0.25, 0.3) is 5.91 Å². The van der Waals surface area contributed by atoms with Crippen LogP contribution in [-0.2, 0) is 9.59 Å². The zero-order chi connectivity index (χ0) is 20.4. The Kier molecular flexibility index (Phi) is 5.37. The first kappa shape index (κ1) is 19.2. The van der Waals surface area contributed by atoms with Gasteiger partial charge in [0.2, 0.25) is 11.9 Å². The number of halogens is 2. The second-order valence-corrected chi connectivity index (χ2v) is 7.20. The molecule has 3 aromatic rings. The van der Waals surface area contributed by atoms with E-state index in [0.29, 0.717) is 27.4 Å². The summed E-state index contributed by atoms with van der Waals surface area (Å²) in [7, 11) is 0. The Hall–Kier alpha value is -3.10. The number of nitrogens with one attached hydrogen (secondary N) is 2. The molecule has 1 unspecified atom stereocenters. The van der Waals surface area contributed by atoms with E-state index in [1.807, 2.05) is 12.1 Å². The minimum atomic E-state index is -0.382. The van der Waals surface area contributed by atoms with E-state index in [-0.39, 0.29) is 30.9 Å². The predicted molar refractivity (Wildman–Crippen MR) is 108 cm³/mol. The summed E-state index contributed by atoms with van der Waals surface area (Å²) >= 11 is 11.9.